The summed E-state index contributed by atoms with van der Waals surface area (Å²) in [5.41, 5.74) is 0. The van der Waals surface area contributed by atoms with E-state index in [1.54, 1.807) is 4.31 Å². The molecule has 0 spiro atoms. The van der Waals surface area contributed by atoms with Gasteiger partial charge in [0.25, 0.3) is 10.2 Å². The second-order valence-corrected chi connectivity index (χ2v) is 6.78. The molecule has 0 bridgehead atoms. The van der Waals surface area contributed by atoms with Crippen molar-refractivity contribution in [2.75, 3.05) is 13.2 Å². The van der Waals surface area contributed by atoms with Gasteiger partial charge in [-0.25, -0.2) is 0 Å². The average Bonchev–Trinajstić information content (AvgIpc) is 2.68. The van der Waals surface area contributed by atoms with Gasteiger partial charge in [-0.05, 0) is 26.7 Å². The van der Waals surface area contributed by atoms with Gasteiger partial charge in [-0.2, -0.15) is 17.4 Å². The zero-order chi connectivity index (χ0) is 12.5. The van der Waals surface area contributed by atoms with E-state index in [0.717, 1.165) is 25.7 Å². The predicted molar refractivity (Wildman–Crippen MR) is 65.9 cm³/mol. The van der Waals surface area contributed by atoms with Gasteiger partial charge in [0.2, 0.25) is 0 Å². The number of hydrogen-bond donors (Lipinski definition) is 1. The molecule has 0 aromatic rings. The third-order valence-electron chi connectivity index (χ3n) is 3.54. The summed E-state index contributed by atoms with van der Waals surface area (Å²) >= 11 is 0. The Morgan fingerprint density at radius 2 is 1.65 bits per heavy atom. The molecule has 2 atom stereocenters. The Kier molecular flexibility index (Phi) is 4.07. The van der Waals surface area contributed by atoms with Crippen LogP contribution in [-0.2, 0) is 14.9 Å². The first-order valence-corrected chi connectivity index (χ1v) is 7.83. The van der Waals surface area contributed by atoms with E-state index in [-0.39, 0.29) is 18.1 Å². The van der Waals surface area contributed by atoms with E-state index in [1.807, 2.05) is 13.8 Å². The Bertz CT molecular complexity index is 342. The van der Waals surface area contributed by atoms with Gasteiger partial charge in [0.05, 0.1) is 13.2 Å². The van der Waals surface area contributed by atoms with E-state index < -0.39 is 10.2 Å². The van der Waals surface area contributed by atoms with Crippen LogP contribution in [0.3, 0.4) is 0 Å². The molecule has 1 heterocycles. The van der Waals surface area contributed by atoms with Crippen molar-refractivity contribution in [2.24, 2.45) is 0 Å². The van der Waals surface area contributed by atoms with Gasteiger partial charge in [0.1, 0.15) is 0 Å². The Morgan fingerprint density at radius 3 is 2.18 bits per heavy atom. The lowest BCUT2D eigenvalue weighted by atomic mass is 10.2. The Balaban J connectivity index is 2.06. The maximum Gasteiger partial charge on any atom is 0.280 e. The maximum atomic E-state index is 12.3. The van der Waals surface area contributed by atoms with Crippen LogP contribution in [0.4, 0.5) is 0 Å². The Labute approximate surface area is 104 Å². The summed E-state index contributed by atoms with van der Waals surface area (Å²) in [4.78, 5) is 0. The van der Waals surface area contributed by atoms with Gasteiger partial charge in [-0.15, -0.1) is 0 Å². The molecule has 100 valence electrons. The molecule has 1 saturated heterocycles. The monoisotopic (exact) mass is 262 g/mol. The zero-order valence-corrected chi connectivity index (χ0v) is 11.4. The van der Waals surface area contributed by atoms with Crippen LogP contribution in [0.25, 0.3) is 0 Å². The van der Waals surface area contributed by atoms with E-state index in [4.69, 9.17) is 4.74 Å². The summed E-state index contributed by atoms with van der Waals surface area (Å²) in [5, 5.41) is 0. The molecule has 6 heteroatoms. The van der Waals surface area contributed by atoms with Gasteiger partial charge in [0.15, 0.2) is 0 Å². The van der Waals surface area contributed by atoms with Gasteiger partial charge >= 0.3 is 0 Å². The van der Waals surface area contributed by atoms with Crippen molar-refractivity contribution in [2.45, 2.75) is 57.7 Å². The number of morpholine rings is 1. The fraction of sp³-hybridized carbons (Fsp3) is 1.00. The minimum atomic E-state index is -3.36. The molecule has 2 unspecified atom stereocenters. The lowest BCUT2D eigenvalue weighted by Gasteiger charge is -2.37. The van der Waals surface area contributed by atoms with Crippen LogP contribution < -0.4 is 4.72 Å². The van der Waals surface area contributed by atoms with Gasteiger partial charge < -0.3 is 4.74 Å². The molecule has 2 fully saturated rings. The Morgan fingerprint density at radius 1 is 1.12 bits per heavy atom. The molecule has 0 aromatic heterocycles. The molecule has 1 N–H and O–H groups in total. The number of nitrogens with one attached hydrogen (secondary N) is 1. The largest absolute Gasteiger partial charge is 0.378 e. The lowest BCUT2D eigenvalue weighted by Crippen LogP contribution is -2.57. The summed E-state index contributed by atoms with van der Waals surface area (Å²) in [6.45, 7) is 4.75. The first kappa shape index (κ1) is 13.3. The summed E-state index contributed by atoms with van der Waals surface area (Å²) < 4.78 is 34.4. The van der Waals surface area contributed by atoms with Crippen molar-refractivity contribution < 1.29 is 13.2 Å². The first-order valence-electron chi connectivity index (χ1n) is 6.39. The molecular weight excluding hydrogens is 240 g/mol. The molecule has 0 amide bonds. The molecule has 1 aliphatic carbocycles. The molecule has 0 aromatic carbocycles. The van der Waals surface area contributed by atoms with Crippen LogP contribution in [0.5, 0.6) is 0 Å². The molecule has 5 nitrogen and oxygen atoms in total. The van der Waals surface area contributed by atoms with E-state index in [1.165, 1.54) is 0 Å². The fourth-order valence-corrected chi connectivity index (χ4v) is 4.63. The number of rotatable bonds is 3. The molecular formula is C11H22N2O3S. The number of nitrogens with zero attached hydrogens (tertiary/aromatic N) is 1. The second kappa shape index (κ2) is 5.22. The van der Waals surface area contributed by atoms with Crippen molar-refractivity contribution in [3.05, 3.63) is 0 Å². The van der Waals surface area contributed by atoms with Gasteiger partial charge in [-0.3, -0.25) is 0 Å². The quantitative estimate of drug-likeness (QED) is 0.821. The SMILES string of the molecule is CC1COCC(C)N1S(=O)(=O)NC1CCCC1. The summed E-state index contributed by atoms with van der Waals surface area (Å²) in [7, 11) is -3.36. The molecule has 0 radical (unpaired) electrons. The van der Waals surface area contributed by atoms with Crippen LogP contribution in [0.1, 0.15) is 39.5 Å². The molecule has 2 rings (SSSR count). The lowest BCUT2D eigenvalue weighted by molar-refractivity contribution is 0.00560. The van der Waals surface area contributed by atoms with Crippen LogP contribution in [0.15, 0.2) is 0 Å². The van der Waals surface area contributed by atoms with E-state index >= 15 is 0 Å². The predicted octanol–water partition coefficient (Wildman–Crippen LogP) is 0.873. The maximum absolute atomic E-state index is 12.3. The molecule has 2 aliphatic rings. The minimum absolute atomic E-state index is 0.0855. The fourth-order valence-electron chi connectivity index (χ4n) is 2.78. The molecule has 17 heavy (non-hydrogen) atoms. The highest BCUT2D eigenvalue weighted by Gasteiger charge is 2.36. The second-order valence-electron chi connectivity index (χ2n) is 5.17. The smallest absolute Gasteiger partial charge is 0.280 e. The third kappa shape index (κ3) is 2.99. The highest BCUT2D eigenvalue weighted by atomic mass is 32.2. The van der Waals surface area contributed by atoms with Gasteiger partial charge in [-0.1, -0.05) is 12.8 Å². The van der Waals surface area contributed by atoms with Crippen LogP contribution in [0, 0.1) is 0 Å². The first-order chi connectivity index (χ1) is 8.00. The highest BCUT2D eigenvalue weighted by molar-refractivity contribution is 7.87. The van der Waals surface area contributed by atoms with Crippen molar-refractivity contribution in [1.82, 2.24) is 9.03 Å². The van der Waals surface area contributed by atoms with E-state index in [0.29, 0.717) is 13.2 Å². The van der Waals surface area contributed by atoms with Gasteiger partial charge in [0, 0.05) is 18.1 Å². The number of ether oxygens (including phenoxy) is 1. The van der Waals surface area contributed by atoms with Crippen molar-refractivity contribution in [3.8, 4) is 0 Å². The number of hydrogen-bond acceptors (Lipinski definition) is 3. The standard InChI is InChI=1S/C11H22N2O3S/c1-9-7-16-8-10(2)13(9)17(14,15)12-11-5-3-4-6-11/h9-12H,3-8H2,1-2H3. The summed E-state index contributed by atoms with van der Waals surface area (Å²) in [6.07, 6.45) is 4.18. The van der Waals surface area contributed by atoms with Crippen LogP contribution in [0.2, 0.25) is 0 Å². The zero-order valence-electron chi connectivity index (χ0n) is 10.6. The highest BCUT2D eigenvalue weighted by Crippen LogP contribution is 2.22. The third-order valence-corrected chi connectivity index (χ3v) is 5.44. The minimum Gasteiger partial charge on any atom is -0.378 e. The summed E-state index contributed by atoms with van der Waals surface area (Å²) in [5.74, 6) is 0. The normalized spacial score (nSPS) is 33.1. The van der Waals surface area contributed by atoms with E-state index in [9.17, 15) is 8.42 Å². The van der Waals surface area contributed by atoms with Crippen molar-refractivity contribution in [3.63, 3.8) is 0 Å². The topological polar surface area (TPSA) is 58.6 Å². The van der Waals surface area contributed by atoms with E-state index in [2.05, 4.69) is 4.72 Å². The Hall–Kier alpha value is -0.170. The molecule has 1 saturated carbocycles. The summed E-state index contributed by atoms with van der Waals surface area (Å²) in [6, 6.07) is -0.0439. The van der Waals surface area contributed by atoms with Crippen molar-refractivity contribution in [1.29, 1.82) is 0 Å². The van der Waals surface area contributed by atoms with Crippen LogP contribution >= 0.6 is 0 Å². The molecule has 1 aliphatic heterocycles. The average molecular weight is 262 g/mol. The van der Waals surface area contributed by atoms with Crippen molar-refractivity contribution >= 4 is 10.2 Å². The van der Waals surface area contributed by atoms with Crippen LogP contribution in [-0.4, -0.2) is 44.1 Å².